The normalized spacial score (nSPS) is 16.2. The van der Waals surface area contributed by atoms with E-state index in [0.29, 0.717) is 16.4 Å². The molecular weight excluding hydrogens is 362 g/mol. The van der Waals surface area contributed by atoms with Gasteiger partial charge in [0.25, 0.3) is 0 Å². The first-order chi connectivity index (χ1) is 11.9. The zero-order valence-corrected chi connectivity index (χ0v) is 15.2. The van der Waals surface area contributed by atoms with Crippen LogP contribution in [-0.2, 0) is 18.9 Å². The van der Waals surface area contributed by atoms with Gasteiger partial charge in [0.05, 0.1) is 17.6 Å². The van der Waals surface area contributed by atoms with Crippen LogP contribution in [-0.4, -0.2) is 11.4 Å². The molecule has 1 aliphatic rings. The molecule has 0 spiro atoms. The van der Waals surface area contributed by atoms with E-state index in [2.05, 4.69) is 9.32 Å². The Hall–Kier alpha value is -1.83. The Kier molecular flexibility index (Phi) is 5.17. The largest absolute Gasteiger partial charge is 0.478 e. The average molecular weight is 378 g/mol. The van der Waals surface area contributed by atoms with E-state index in [9.17, 15) is 4.79 Å². The summed E-state index contributed by atoms with van der Waals surface area (Å²) in [6, 6.07) is 14.5. The summed E-state index contributed by atoms with van der Waals surface area (Å²) in [4.78, 5) is 17.7. The standard InChI is InChI=1S/C18H16ClNO4S/c1-18(2)17(21)15(12-4-3-5-13(19)10-12)16(22-18)11-6-8-14(9-7-11)25-24-23-20/h3-10H,20H2,1-2H3. The molecule has 0 atom stereocenters. The van der Waals surface area contributed by atoms with Crippen molar-refractivity contribution in [2.24, 2.45) is 5.90 Å². The van der Waals surface area contributed by atoms with E-state index in [0.717, 1.165) is 28.1 Å². The highest BCUT2D eigenvalue weighted by atomic mass is 35.5. The molecule has 0 amide bonds. The van der Waals surface area contributed by atoms with Gasteiger partial charge < -0.3 is 4.74 Å². The molecule has 2 aromatic carbocycles. The molecule has 1 aliphatic heterocycles. The Bertz CT molecular complexity index is 833. The molecule has 5 nitrogen and oxygen atoms in total. The van der Waals surface area contributed by atoms with Gasteiger partial charge >= 0.3 is 0 Å². The highest BCUT2D eigenvalue weighted by Crippen LogP contribution is 2.41. The van der Waals surface area contributed by atoms with Gasteiger partial charge in [0, 0.05) is 15.5 Å². The summed E-state index contributed by atoms with van der Waals surface area (Å²) in [6.45, 7) is 3.51. The highest BCUT2D eigenvalue weighted by Gasteiger charge is 2.42. The van der Waals surface area contributed by atoms with Crippen molar-refractivity contribution in [3.63, 3.8) is 0 Å². The van der Waals surface area contributed by atoms with E-state index in [4.69, 9.17) is 22.2 Å². The third-order valence-corrected chi connectivity index (χ3v) is 4.60. The van der Waals surface area contributed by atoms with Crippen LogP contribution in [0.1, 0.15) is 25.0 Å². The summed E-state index contributed by atoms with van der Waals surface area (Å²) in [5, 5.41) is 0.563. The van der Waals surface area contributed by atoms with Crippen LogP contribution >= 0.6 is 23.6 Å². The van der Waals surface area contributed by atoms with Gasteiger partial charge in [0.15, 0.2) is 5.60 Å². The third-order valence-electron chi connectivity index (χ3n) is 3.76. The Balaban J connectivity index is 2.04. The number of carbonyl (C=O) groups is 1. The van der Waals surface area contributed by atoms with Crippen LogP contribution in [0.25, 0.3) is 11.3 Å². The van der Waals surface area contributed by atoms with Crippen molar-refractivity contribution in [2.45, 2.75) is 24.3 Å². The van der Waals surface area contributed by atoms with Crippen LogP contribution in [0.15, 0.2) is 53.4 Å². The van der Waals surface area contributed by atoms with Crippen molar-refractivity contribution in [3.8, 4) is 0 Å². The molecule has 3 rings (SSSR count). The van der Waals surface area contributed by atoms with Gasteiger partial charge in [0.2, 0.25) is 5.78 Å². The van der Waals surface area contributed by atoms with Crippen LogP contribution in [0.2, 0.25) is 5.02 Å². The number of nitrogens with two attached hydrogens (primary N) is 1. The molecule has 1 heterocycles. The molecule has 0 radical (unpaired) electrons. The minimum atomic E-state index is -0.934. The molecule has 130 valence electrons. The van der Waals surface area contributed by atoms with E-state index in [1.165, 1.54) is 0 Å². The van der Waals surface area contributed by atoms with Crippen LogP contribution < -0.4 is 5.90 Å². The smallest absolute Gasteiger partial charge is 0.210 e. The lowest BCUT2D eigenvalue weighted by Gasteiger charge is -2.17. The van der Waals surface area contributed by atoms with Gasteiger partial charge in [-0.3, -0.25) is 4.79 Å². The molecule has 7 heteroatoms. The lowest BCUT2D eigenvalue weighted by atomic mass is 9.93. The number of hydrogen-bond donors (Lipinski definition) is 1. The Morgan fingerprint density at radius 3 is 2.48 bits per heavy atom. The minimum absolute atomic E-state index is 0.0805. The summed E-state index contributed by atoms with van der Waals surface area (Å²) in [7, 11) is 0. The van der Waals surface area contributed by atoms with Crippen molar-refractivity contribution in [1.29, 1.82) is 0 Å². The fraction of sp³-hybridized carbons (Fsp3) is 0.167. The maximum atomic E-state index is 12.9. The topological polar surface area (TPSA) is 70.8 Å². The van der Waals surface area contributed by atoms with Gasteiger partial charge in [-0.1, -0.05) is 35.9 Å². The molecule has 2 N–H and O–H groups in total. The molecule has 2 aromatic rings. The van der Waals surface area contributed by atoms with Gasteiger partial charge in [-0.05, 0) is 43.7 Å². The summed E-state index contributed by atoms with van der Waals surface area (Å²) < 4.78 is 10.6. The van der Waals surface area contributed by atoms with Crippen molar-refractivity contribution in [1.82, 2.24) is 0 Å². The van der Waals surface area contributed by atoms with Gasteiger partial charge in [-0.2, -0.15) is 5.90 Å². The minimum Gasteiger partial charge on any atom is -0.478 e. The number of Topliss-reactive ketones (excluding diaryl/α,β-unsaturated/α-hetero) is 1. The van der Waals surface area contributed by atoms with E-state index >= 15 is 0 Å². The molecule has 0 saturated heterocycles. The van der Waals surface area contributed by atoms with Crippen molar-refractivity contribution in [3.05, 3.63) is 64.7 Å². The van der Waals surface area contributed by atoms with Crippen molar-refractivity contribution >= 4 is 40.8 Å². The molecule has 0 fully saturated rings. The first kappa shape index (κ1) is 18.0. The zero-order chi connectivity index (χ0) is 18.0. The van der Waals surface area contributed by atoms with Crippen molar-refractivity contribution in [2.75, 3.05) is 0 Å². The molecular formula is C18H16ClNO4S. The van der Waals surface area contributed by atoms with Crippen LogP contribution in [0.4, 0.5) is 0 Å². The summed E-state index contributed by atoms with van der Waals surface area (Å²) in [5.74, 6) is 5.28. The second kappa shape index (κ2) is 7.19. The number of benzene rings is 2. The maximum absolute atomic E-state index is 12.9. The number of carbonyl (C=O) groups excluding carboxylic acids is 1. The molecule has 0 unspecified atom stereocenters. The third kappa shape index (κ3) is 3.73. The van der Waals surface area contributed by atoms with E-state index < -0.39 is 5.60 Å². The number of ketones is 1. The molecule has 0 aromatic heterocycles. The molecule has 0 aliphatic carbocycles. The zero-order valence-electron chi connectivity index (χ0n) is 13.6. The predicted octanol–water partition coefficient (Wildman–Crippen LogP) is 4.42. The van der Waals surface area contributed by atoms with E-state index in [1.54, 1.807) is 26.0 Å². The highest BCUT2D eigenvalue weighted by molar-refractivity contribution is 7.94. The number of halogens is 1. The summed E-state index contributed by atoms with van der Waals surface area (Å²) >= 11 is 7.07. The van der Waals surface area contributed by atoms with E-state index in [-0.39, 0.29) is 5.78 Å². The quantitative estimate of drug-likeness (QED) is 0.472. The first-order valence-electron chi connectivity index (χ1n) is 7.47. The monoisotopic (exact) mass is 377 g/mol. The van der Waals surface area contributed by atoms with Gasteiger partial charge in [-0.15, -0.1) is 9.32 Å². The van der Waals surface area contributed by atoms with Gasteiger partial charge in [0.1, 0.15) is 5.76 Å². The Labute approximate surface area is 154 Å². The summed E-state index contributed by atoms with van der Waals surface area (Å²) in [5.41, 5.74) is 1.11. The molecule has 25 heavy (non-hydrogen) atoms. The lowest BCUT2D eigenvalue weighted by Crippen LogP contribution is -2.29. The second-order valence-electron chi connectivity index (χ2n) is 5.93. The predicted molar refractivity (Wildman–Crippen MR) is 97.1 cm³/mol. The lowest BCUT2D eigenvalue weighted by molar-refractivity contribution is -0.195. The molecule has 0 saturated carbocycles. The average Bonchev–Trinajstić information content (AvgIpc) is 2.83. The Morgan fingerprint density at radius 2 is 1.84 bits per heavy atom. The number of rotatable bonds is 5. The number of hydrogen-bond acceptors (Lipinski definition) is 6. The second-order valence-corrected chi connectivity index (χ2v) is 7.14. The first-order valence-corrected chi connectivity index (χ1v) is 8.59. The van der Waals surface area contributed by atoms with E-state index in [1.807, 2.05) is 36.4 Å². The Morgan fingerprint density at radius 1 is 1.12 bits per heavy atom. The van der Waals surface area contributed by atoms with Crippen LogP contribution in [0.3, 0.4) is 0 Å². The number of ether oxygens (including phenoxy) is 1. The maximum Gasteiger partial charge on any atom is 0.210 e. The summed E-state index contributed by atoms with van der Waals surface area (Å²) in [6.07, 6.45) is 0. The fourth-order valence-electron chi connectivity index (χ4n) is 2.59. The molecule has 0 bridgehead atoms. The van der Waals surface area contributed by atoms with Crippen molar-refractivity contribution < 1.29 is 18.9 Å². The van der Waals surface area contributed by atoms with Crippen LogP contribution in [0, 0.1) is 0 Å². The van der Waals surface area contributed by atoms with Gasteiger partial charge in [-0.25, -0.2) is 0 Å². The SMILES string of the molecule is CC1(C)OC(c2ccc(SOON)cc2)=C(c2cccc(Cl)c2)C1=O. The fourth-order valence-corrected chi connectivity index (χ4v) is 3.14. The van der Waals surface area contributed by atoms with Crippen LogP contribution in [0.5, 0.6) is 0 Å².